The van der Waals surface area contributed by atoms with Crippen molar-refractivity contribution in [3.05, 3.63) is 82.3 Å². The summed E-state index contributed by atoms with van der Waals surface area (Å²) >= 11 is 3.48. The smallest absolute Gasteiger partial charge is 0.272 e. The summed E-state index contributed by atoms with van der Waals surface area (Å²) < 4.78 is 11.2. The van der Waals surface area contributed by atoms with E-state index in [1.807, 2.05) is 48.5 Å². The van der Waals surface area contributed by atoms with Crippen LogP contribution in [-0.2, 0) is 0 Å². The van der Waals surface area contributed by atoms with Crippen LogP contribution in [0.15, 0.2) is 76.3 Å². The lowest BCUT2D eigenvalue weighted by molar-refractivity contribution is 0.0956. The number of carbonyl (C=O) groups excluding carboxylic acids is 1. The number of halogens is 1. The van der Waals surface area contributed by atoms with E-state index in [1.165, 1.54) is 20.4 Å². The first-order valence-electron chi connectivity index (χ1n) is 9.94. The molecule has 7 nitrogen and oxygen atoms in total. The van der Waals surface area contributed by atoms with Gasteiger partial charge in [-0.3, -0.25) is 4.79 Å². The minimum atomic E-state index is -0.376. The Balaban J connectivity index is 1.66. The summed E-state index contributed by atoms with van der Waals surface area (Å²) in [4.78, 5) is 17.8. The number of aromatic nitrogens is 1. The van der Waals surface area contributed by atoms with Crippen molar-refractivity contribution >= 4 is 39.0 Å². The number of hydrazone groups is 1. The van der Waals surface area contributed by atoms with Gasteiger partial charge >= 0.3 is 0 Å². The van der Waals surface area contributed by atoms with Gasteiger partial charge in [-0.2, -0.15) is 5.10 Å². The number of methoxy groups -OCH3 is 2. The molecule has 0 bridgehead atoms. The highest BCUT2D eigenvalue weighted by atomic mass is 79.9. The van der Waals surface area contributed by atoms with E-state index >= 15 is 0 Å². The Morgan fingerprint density at radius 1 is 1.03 bits per heavy atom. The Hall–Kier alpha value is -3.91. The number of hydrogen-bond acceptors (Lipinski definition) is 6. The number of hydrogen-bond donors (Lipinski definition) is 2. The van der Waals surface area contributed by atoms with Crippen molar-refractivity contribution in [3.8, 4) is 28.5 Å². The van der Waals surface area contributed by atoms with Gasteiger partial charge in [0.1, 0.15) is 0 Å². The molecule has 4 aromatic rings. The highest BCUT2D eigenvalue weighted by Crippen LogP contribution is 2.36. The number of nitrogens with zero attached hydrogens (tertiary/aromatic N) is 2. The molecule has 0 unspecified atom stereocenters. The van der Waals surface area contributed by atoms with Crippen LogP contribution in [0, 0.1) is 0 Å². The topological polar surface area (TPSA) is 93.0 Å². The average Bonchev–Trinajstić information content (AvgIpc) is 2.84. The molecule has 0 spiro atoms. The van der Waals surface area contributed by atoms with Gasteiger partial charge in [-0.25, -0.2) is 10.4 Å². The summed E-state index contributed by atoms with van der Waals surface area (Å²) in [6, 6.07) is 20.1. The van der Waals surface area contributed by atoms with Gasteiger partial charge in [0.05, 0.1) is 37.2 Å². The molecule has 0 aliphatic carbocycles. The second-order valence-corrected chi connectivity index (χ2v) is 7.97. The molecule has 0 aliphatic rings. The number of benzene rings is 3. The lowest BCUT2D eigenvalue weighted by atomic mass is 10.0. The minimum Gasteiger partial charge on any atom is -0.502 e. The molecule has 166 valence electrons. The van der Waals surface area contributed by atoms with Crippen molar-refractivity contribution in [3.63, 3.8) is 0 Å². The van der Waals surface area contributed by atoms with Gasteiger partial charge in [0, 0.05) is 21.0 Å². The number of fused-ring (bicyclic) bond motifs is 1. The summed E-state index contributed by atoms with van der Waals surface area (Å²) in [6.45, 7) is 0. The fraction of sp³-hybridized carbons (Fsp3) is 0.0800. The van der Waals surface area contributed by atoms with Gasteiger partial charge < -0.3 is 14.6 Å². The Morgan fingerprint density at radius 3 is 2.45 bits per heavy atom. The number of carbonyl (C=O) groups is 1. The zero-order valence-corrected chi connectivity index (χ0v) is 19.5. The van der Waals surface area contributed by atoms with E-state index in [0.717, 1.165) is 15.4 Å². The number of pyridine rings is 1. The highest BCUT2D eigenvalue weighted by molar-refractivity contribution is 9.10. The fourth-order valence-corrected chi connectivity index (χ4v) is 3.77. The van der Waals surface area contributed by atoms with Crippen molar-refractivity contribution in [2.45, 2.75) is 0 Å². The third-order valence-electron chi connectivity index (χ3n) is 4.96. The van der Waals surface area contributed by atoms with E-state index in [0.29, 0.717) is 22.3 Å². The first-order valence-corrected chi connectivity index (χ1v) is 10.7. The van der Waals surface area contributed by atoms with E-state index < -0.39 is 0 Å². The number of rotatable bonds is 6. The van der Waals surface area contributed by atoms with Gasteiger partial charge in [0.2, 0.25) is 5.75 Å². The van der Waals surface area contributed by atoms with E-state index in [4.69, 9.17) is 14.5 Å². The number of amides is 1. The normalized spacial score (nSPS) is 11.0. The van der Waals surface area contributed by atoms with Crippen LogP contribution in [0.3, 0.4) is 0 Å². The fourth-order valence-electron chi connectivity index (χ4n) is 3.37. The van der Waals surface area contributed by atoms with Crippen LogP contribution >= 0.6 is 15.9 Å². The van der Waals surface area contributed by atoms with Crippen LogP contribution < -0.4 is 14.9 Å². The van der Waals surface area contributed by atoms with Crippen LogP contribution in [0.1, 0.15) is 15.9 Å². The van der Waals surface area contributed by atoms with Crippen molar-refractivity contribution < 1.29 is 19.4 Å². The maximum Gasteiger partial charge on any atom is 0.272 e. The van der Waals surface area contributed by atoms with Crippen LogP contribution in [0.4, 0.5) is 0 Å². The molecule has 0 saturated carbocycles. The predicted molar refractivity (Wildman–Crippen MR) is 131 cm³/mol. The third kappa shape index (κ3) is 4.80. The molecular formula is C25H20BrN3O4. The molecule has 0 aliphatic heterocycles. The zero-order valence-electron chi connectivity index (χ0n) is 17.9. The van der Waals surface area contributed by atoms with E-state index in [2.05, 4.69) is 26.5 Å². The molecule has 4 rings (SSSR count). The molecule has 1 amide bonds. The first kappa shape index (κ1) is 22.3. The molecule has 1 heterocycles. The standard InChI is InChI=1S/C25H20BrN3O4/c1-32-22-10-15(11-23(33-2)24(22)30)14-27-29-25(31)19-13-21(16-6-5-7-17(26)12-16)28-20-9-4-3-8-18(19)20/h3-14,30H,1-2H3,(H,29,31)/b27-14-. The summed E-state index contributed by atoms with van der Waals surface area (Å²) in [7, 11) is 2.88. The molecule has 8 heteroatoms. The lowest BCUT2D eigenvalue weighted by Gasteiger charge is -2.10. The number of phenolic OH excluding ortho intramolecular Hbond substituents is 1. The Morgan fingerprint density at radius 2 is 1.76 bits per heavy atom. The Bertz CT molecular complexity index is 1350. The second kappa shape index (κ2) is 9.70. The van der Waals surface area contributed by atoms with Crippen LogP contribution in [0.2, 0.25) is 0 Å². The monoisotopic (exact) mass is 505 g/mol. The number of nitrogens with one attached hydrogen (secondary N) is 1. The molecule has 0 saturated heterocycles. The van der Waals surface area contributed by atoms with E-state index in [-0.39, 0.29) is 23.2 Å². The third-order valence-corrected chi connectivity index (χ3v) is 5.46. The molecule has 0 radical (unpaired) electrons. The number of aromatic hydroxyl groups is 1. The SMILES string of the molecule is COc1cc(/C=N\NC(=O)c2cc(-c3cccc(Br)c3)nc3ccccc23)cc(OC)c1O. The average molecular weight is 506 g/mol. The maximum atomic E-state index is 13.0. The Kier molecular flexibility index (Phi) is 6.55. The first-order chi connectivity index (χ1) is 16.0. The van der Waals surface area contributed by atoms with Gasteiger partial charge in [0.15, 0.2) is 11.5 Å². The largest absolute Gasteiger partial charge is 0.502 e. The highest BCUT2D eigenvalue weighted by Gasteiger charge is 2.14. The maximum absolute atomic E-state index is 13.0. The minimum absolute atomic E-state index is 0.107. The second-order valence-electron chi connectivity index (χ2n) is 7.06. The molecule has 2 N–H and O–H groups in total. The van der Waals surface area contributed by atoms with Gasteiger partial charge in [-0.15, -0.1) is 0 Å². The molecule has 0 fully saturated rings. The summed E-state index contributed by atoms with van der Waals surface area (Å²) in [5.74, 6) is -0.00911. The molecule has 33 heavy (non-hydrogen) atoms. The van der Waals surface area contributed by atoms with Crippen LogP contribution in [0.25, 0.3) is 22.2 Å². The van der Waals surface area contributed by atoms with Crippen molar-refractivity contribution in [2.75, 3.05) is 14.2 Å². The van der Waals surface area contributed by atoms with E-state index in [9.17, 15) is 9.90 Å². The molecular weight excluding hydrogens is 486 g/mol. The van der Waals surface area contributed by atoms with Crippen molar-refractivity contribution in [2.24, 2.45) is 5.10 Å². The summed E-state index contributed by atoms with van der Waals surface area (Å²) in [6.07, 6.45) is 1.45. The molecule has 3 aromatic carbocycles. The summed E-state index contributed by atoms with van der Waals surface area (Å²) in [5.41, 5.74) is 5.87. The van der Waals surface area contributed by atoms with Gasteiger partial charge in [-0.1, -0.05) is 46.3 Å². The number of phenols is 1. The van der Waals surface area contributed by atoms with Gasteiger partial charge in [0.25, 0.3) is 5.91 Å². The molecule has 1 aromatic heterocycles. The number of para-hydroxylation sites is 1. The van der Waals surface area contributed by atoms with Crippen LogP contribution in [0.5, 0.6) is 17.2 Å². The van der Waals surface area contributed by atoms with Gasteiger partial charge in [-0.05, 0) is 36.4 Å². The van der Waals surface area contributed by atoms with Crippen molar-refractivity contribution in [1.82, 2.24) is 10.4 Å². The number of ether oxygens (including phenoxy) is 2. The lowest BCUT2D eigenvalue weighted by Crippen LogP contribution is -2.18. The van der Waals surface area contributed by atoms with E-state index in [1.54, 1.807) is 18.2 Å². The summed E-state index contributed by atoms with van der Waals surface area (Å²) in [5, 5.41) is 14.8. The van der Waals surface area contributed by atoms with Crippen molar-refractivity contribution in [1.29, 1.82) is 0 Å². The Labute approximate surface area is 198 Å². The quantitative estimate of drug-likeness (QED) is 0.279. The molecule has 0 atom stereocenters. The predicted octanol–water partition coefficient (Wildman–Crippen LogP) is 5.15. The van der Waals surface area contributed by atoms with Crippen LogP contribution in [-0.4, -0.2) is 36.4 Å². The zero-order chi connectivity index (χ0) is 23.4.